The van der Waals surface area contributed by atoms with Crippen LogP contribution >= 0.6 is 0 Å². The molecule has 7 nitrogen and oxygen atoms in total. The van der Waals surface area contributed by atoms with Gasteiger partial charge < -0.3 is 18.9 Å². The fourth-order valence-corrected chi connectivity index (χ4v) is 4.23. The largest absolute Gasteiger partial charge is 0.488 e. The van der Waals surface area contributed by atoms with Crippen LogP contribution in [0.2, 0.25) is 0 Å². The van der Waals surface area contributed by atoms with E-state index in [0.29, 0.717) is 18.2 Å². The van der Waals surface area contributed by atoms with Crippen LogP contribution in [0.5, 0.6) is 5.75 Å². The van der Waals surface area contributed by atoms with Crippen LogP contribution in [0.3, 0.4) is 0 Å². The van der Waals surface area contributed by atoms with E-state index < -0.39 is 0 Å². The Labute approximate surface area is 169 Å². The number of fused-ring (bicyclic) bond motifs is 2. The number of aromatic nitrogens is 3. The molecule has 5 rings (SSSR count). The second-order valence-electron chi connectivity index (χ2n) is 7.80. The molecule has 2 aliphatic rings. The summed E-state index contributed by atoms with van der Waals surface area (Å²) in [7, 11) is 1.81. The van der Waals surface area contributed by atoms with Gasteiger partial charge in [-0.25, -0.2) is 9.97 Å². The van der Waals surface area contributed by atoms with E-state index in [9.17, 15) is 4.79 Å². The minimum atomic E-state index is -0.0698. The van der Waals surface area contributed by atoms with E-state index in [4.69, 9.17) is 9.47 Å². The Morgan fingerprint density at radius 3 is 2.90 bits per heavy atom. The molecule has 2 aliphatic heterocycles. The van der Waals surface area contributed by atoms with Crippen molar-refractivity contribution in [3.05, 3.63) is 54.0 Å². The quantitative estimate of drug-likeness (QED) is 0.683. The first-order chi connectivity index (χ1) is 14.2. The molecule has 1 atom stereocenters. The lowest BCUT2D eigenvalue weighted by molar-refractivity contribution is 0.0704. The number of nitrogens with zero attached hydrogens (tertiary/aromatic N) is 4. The summed E-state index contributed by atoms with van der Waals surface area (Å²) in [6.45, 7) is 2.06. The second kappa shape index (κ2) is 7.48. The molecule has 0 saturated carbocycles. The van der Waals surface area contributed by atoms with E-state index in [1.165, 1.54) is 5.56 Å². The van der Waals surface area contributed by atoms with Crippen molar-refractivity contribution in [2.45, 2.75) is 31.4 Å². The minimum absolute atomic E-state index is 0.0224. The highest BCUT2D eigenvalue weighted by atomic mass is 16.5. The number of rotatable bonds is 4. The molecule has 1 aromatic carbocycles. The van der Waals surface area contributed by atoms with E-state index in [1.54, 1.807) is 18.1 Å². The lowest BCUT2D eigenvalue weighted by Gasteiger charge is -2.23. The van der Waals surface area contributed by atoms with Crippen LogP contribution in [0.4, 0.5) is 0 Å². The van der Waals surface area contributed by atoms with Gasteiger partial charge in [0.1, 0.15) is 17.4 Å². The van der Waals surface area contributed by atoms with Gasteiger partial charge in [0.05, 0.1) is 18.4 Å². The summed E-state index contributed by atoms with van der Waals surface area (Å²) in [6, 6.07) is 10.2. The number of amides is 1. The number of para-hydroxylation sites is 1. The van der Waals surface area contributed by atoms with E-state index in [0.717, 1.165) is 49.4 Å². The van der Waals surface area contributed by atoms with E-state index in [1.807, 2.05) is 30.6 Å². The van der Waals surface area contributed by atoms with Crippen molar-refractivity contribution in [1.82, 2.24) is 19.4 Å². The Kier molecular flexibility index (Phi) is 4.67. The third-order valence-corrected chi connectivity index (χ3v) is 5.78. The van der Waals surface area contributed by atoms with Crippen molar-refractivity contribution in [2.24, 2.45) is 0 Å². The van der Waals surface area contributed by atoms with Gasteiger partial charge in [-0.1, -0.05) is 18.2 Å². The first kappa shape index (κ1) is 18.1. The maximum Gasteiger partial charge on any atom is 0.255 e. The van der Waals surface area contributed by atoms with Gasteiger partial charge in [-0.2, -0.15) is 0 Å². The Hall–Kier alpha value is -2.93. The van der Waals surface area contributed by atoms with Crippen LogP contribution in [0.15, 0.2) is 42.9 Å². The minimum Gasteiger partial charge on any atom is -0.488 e. The number of carbonyl (C=O) groups excluding carboxylic acids is 1. The molecule has 7 heteroatoms. The lowest BCUT2D eigenvalue weighted by Crippen LogP contribution is -2.36. The molecule has 0 N–H and O–H groups in total. The zero-order valence-electron chi connectivity index (χ0n) is 16.5. The summed E-state index contributed by atoms with van der Waals surface area (Å²) in [5, 5.41) is 0. The van der Waals surface area contributed by atoms with E-state index in [-0.39, 0.29) is 12.0 Å². The molecule has 150 valence electrons. The van der Waals surface area contributed by atoms with Crippen molar-refractivity contribution in [3.8, 4) is 5.75 Å². The van der Waals surface area contributed by atoms with Crippen LogP contribution in [-0.4, -0.2) is 58.3 Å². The topological polar surface area (TPSA) is 69.5 Å². The summed E-state index contributed by atoms with van der Waals surface area (Å²) in [4.78, 5) is 23.7. The number of likely N-dealkylation sites (N-methyl/N-ethyl adjacent to an activating group) is 1. The number of carbonyl (C=O) groups is 1. The average Bonchev–Trinajstić information content (AvgIpc) is 3.36. The summed E-state index contributed by atoms with van der Waals surface area (Å²) in [6.07, 6.45) is 6.20. The van der Waals surface area contributed by atoms with Gasteiger partial charge in [0.15, 0.2) is 5.65 Å². The van der Waals surface area contributed by atoms with Crippen LogP contribution in [-0.2, 0) is 11.2 Å². The first-order valence-corrected chi connectivity index (χ1v) is 10.1. The molecule has 3 aromatic rings. The molecule has 1 amide bonds. The molecule has 2 aromatic heterocycles. The number of benzene rings is 1. The maximum absolute atomic E-state index is 12.9. The van der Waals surface area contributed by atoms with Crippen molar-refractivity contribution in [3.63, 3.8) is 0 Å². The van der Waals surface area contributed by atoms with Crippen LogP contribution in [0, 0.1) is 0 Å². The molecular formula is C22H24N4O3. The SMILES string of the molecule is CN(CC1Cc2ccccc2O1)C(=O)c1cnc2c(c1)ncn2C1CCOCC1. The molecule has 0 spiro atoms. The normalized spacial score (nSPS) is 19.1. The summed E-state index contributed by atoms with van der Waals surface area (Å²) < 4.78 is 13.5. The summed E-state index contributed by atoms with van der Waals surface area (Å²) >= 11 is 0. The first-order valence-electron chi connectivity index (χ1n) is 10.1. The maximum atomic E-state index is 12.9. The lowest BCUT2D eigenvalue weighted by atomic mass is 10.1. The van der Waals surface area contributed by atoms with Gasteiger partial charge in [-0.3, -0.25) is 4.79 Å². The average molecular weight is 392 g/mol. The molecular weight excluding hydrogens is 368 g/mol. The molecule has 1 unspecified atom stereocenters. The number of hydrogen-bond acceptors (Lipinski definition) is 5. The third kappa shape index (κ3) is 3.46. The zero-order chi connectivity index (χ0) is 19.8. The standard InChI is InChI=1S/C22H24N4O3/c1-25(13-18-10-15-4-2-3-5-20(15)29-18)22(27)16-11-19-21(23-12-16)26(14-24-19)17-6-8-28-9-7-17/h2-5,11-12,14,17-18H,6-10,13H2,1H3. The number of pyridine rings is 1. The van der Waals surface area contributed by atoms with Gasteiger partial charge >= 0.3 is 0 Å². The van der Waals surface area contributed by atoms with Crippen molar-refractivity contribution in [2.75, 3.05) is 26.8 Å². The predicted molar refractivity (Wildman–Crippen MR) is 108 cm³/mol. The fourth-order valence-electron chi connectivity index (χ4n) is 4.23. The Morgan fingerprint density at radius 1 is 1.24 bits per heavy atom. The fraction of sp³-hybridized carbons (Fsp3) is 0.409. The smallest absolute Gasteiger partial charge is 0.255 e. The highest BCUT2D eigenvalue weighted by molar-refractivity contribution is 5.96. The molecule has 0 bridgehead atoms. The van der Waals surface area contributed by atoms with Gasteiger partial charge in [0.25, 0.3) is 5.91 Å². The van der Waals surface area contributed by atoms with Gasteiger partial charge in [-0.15, -0.1) is 0 Å². The third-order valence-electron chi connectivity index (χ3n) is 5.78. The number of hydrogen-bond donors (Lipinski definition) is 0. The molecule has 0 radical (unpaired) electrons. The molecule has 29 heavy (non-hydrogen) atoms. The van der Waals surface area contributed by atoms with Crippen molar-refractivity contribution < 1.29 is 14.3 Å². The van der Waals surface area contributed by atoms with Crippen molar-refractivity contribution in [1.29, 1.82) is 0 Å². The molecule has 1 saturated heterocycles. The predicted octanol–water partition coefficient (Wildman–Crippen LogP) is 2.86. The Morgan fingerprint density at radius 2 is 2.07 bits per heavy atom. The highest BCUT2D eigenvalue weighted by Crippen LogP contribution is 2.29. The number of imidazole rings is 1. The van der Waals surface area contributed by atoms with Crippen LogP contribution in [0.25, 0.3) is 11.2 Å². The Bertz CT molecular complexity index is 1020. The summed E-state index contributed by atoms with van der Waals surface area (Å²) in [5.41, 5.74) is 3.32. The molecule has 4 heterocycles. The van der Waals surface area contributed by atoms with Crippen molar-refractivity contribution >= 4 is 17.1 Å². The zero-order valence-corrected chi connectivity index (χ0v) is 16.5. The second-order valence-corrected chi connectivity index (χ2v) is 7.80. The molecule has 1 fully saturated rings. The van der Waals surface area contributed by atoms with Crippen LogP contribution in [0.1, 0.15) is 34.8 Å². The van der Waals surface area contributed by atoms with Gasteiger partial charge in [0.2, 0.25) is 0 Å². The van der Waals surface area contributed by atoms with E-state index in [2.05, 4.69) is 20.6 Å². The Balaban J connectivity index is 1.29. The van der Waals surface area contributed by atoms with E-state index >= 15 is 0 Å². The number of ether oxygens (including phenoxy) is 2. The van der Waals surface area contributed by atoms with Crippen LogP contribution < -0.4 is 4.74 Å². The monoisotopic (exact) mass is 392 g/mol. The summed E-state index contributed by atoms with van der Waals surface area (Å²) in [5.74, 6) is 0.847. The van der Waals surface area contributed by atoms with Gasteiger partial charge in [-0.05, 0) is 30.5 Å². The molecule has 0 aliphatic carbocycles. The highest BCUT2D eigenvalue weighted by Gasteiger charge is 2.26. The van der Waals surface area contributed by atoms with Gasteiger partial charge in [0, 0.05) is 38.9 Å².